The van der Waals surface area contributed by atoms with Gasteiger partial charge in [0.1, 0.15) is 19.7 Å². The van der Waals surface area contributed by atoms with Gasteiger partial charge < -0.3 is 14.4 Å². The quantitative estimate of drug-likeness (QED) is 0.301. The molecule has 2 aliphatic heterocycles. The van der Waals surface area contributed by atoms with Gasteiger partial charge in [0.05, 0.1) is 28.7 Å². The van der Waals surface area contributed by atoms with Gasteiger partial charge >= 0.3 is 0 Å². The zero-order valence-corrected chi connectivity index (χ0v) is 22.4. The second kappa shape index (κ2) is 10.6. The zero-order valence-electron chi connectivity index (χ0n) is 21.5. The number of carbonyl (C=O) groups is 2. The van der Waals surface area contributed by atoms with Gasteiger partial charge in [-0.05, 0) is 55.7 Å². The van der Waals surface area contributed by atoms with Gasteiger partial charge in [-0.1, -0.05) is 37.5 Å². The summed E-state index contributed by atoms with van der Waals surface area (Å²) < 4.78 is 3.47. The van der Waals surface area contributed by atoms with Crippen molar-refractivity contribution in [2.45, 2.75) is 70.4 Å². The molecule has 8 heteroatoms. The van der Waals surface area contributed by atoms with Gasteiger partial charge in [-0.2, -0.15) is 0 Å². The van der Waals surface area contributed by atoms with Crippen molar-refractivity contribution in [2.24, 2.45) is 0 Å². The van der Waals surface area contributed by atoms with Crippen LogP contribution in [0.2, 0.25) is 0 Å². The summed E-state index contributed by atoms with van der Waals surface area (Å²) in [6.45, 7) is 2.28. The molecule has 1 aromatic carbocycles. The van der Waals surface area contributed by atoms with Crippen LogP contribution in [0.3, 0.4) is 0 Å². The third-order valence-corrected chi connectivity index (χ3v) is 9.33. The summed E-state index contributed by atoms with van der Waals surface area (Å²) in [7, 11) is 1.52. The van der Waals surface area contributed by atoms with E-state index in [-0.39, 0.29) is 24.9 Å². The number of hydrogen-bond donors (Lipinski definition) is 0. The largest absolute Gasteiger partial charge is 0.341 e. The Bertz CT molecular complexity index is 1300. The molecule has 0 radical (unpaired) electrons. The van der Waals surface area contributed by atoms with Gasteiger partial charge in [0.15, 0.2) is 0 Å². The molecule has 0 bridgehead atoms. The first-order valence-electron chi connectivity index (χ1n) is 13.6. The highest BCUT2D eigenvalue weighted by Crippen LogP contribution is 2.49. The minimum Gasteiger partial charge on any atom is -0.341 e. The minimum atomic E-state index is -0.0375. The lowest BCUT2D eigenvalue weighted by molar-refractivity contribution is -0.281. The maximum atomic E-state index is 13.9. The Kier molecular flexibility index (Phi) is 7.06. The van der Waals surface area contributed by atoms with Crippen LogP contribution in [-0.2, 0) is 32.5 Å². The first-order valence-corrected chi connectivity index (χ1v) is 14.5. The number of aromatic nitrogens is 1. The highest BCUT2D eigenvalue weighted by molar-refractivity contribution is 7.19. The standard InChI is InChI=1S/C29H35N3O4S/c1-35-36-19-21-16-24-29(37-21)27(20-10-4-2-5-11-20)28-22-12-6-7-13-23(22)31(26(34)18-32(24)28)17-25(33)30-14-8-3-9-15-30/h6-7,12-13,16,20H,2-5,8-11,14-15,17-19H2,1H3. The number of nitrogens with zero attached hydrogens (tertiary/aromatic N) is 3. The number of hydrogen-bond acceptors (Lipinski definition) is 5. The number of carbonyl (C=O) groups excluding carboxylic acids is 2. The van der Waals surface area contributed by atoms with E-state index in [1.54, 1.807) is 16.2 Å². The van der Waals surface area contributed by atoms with Crippen LogP contribution < -0.4 is 4.90 Å². The molecule has 2 aromatic heterocycles. The number of thiophene rings is 1. The molecule has 0 atom stereocenters. The van der Waals surface area contributed by atoms with Crippen molar-refractivity contribution in [2.75, 3.05) is 31.6 Å². The first kappa shape index (κ1) is 24.6. The van der Waals surface area contributed by atoms with Crippen molar-refractivity contribution in [1.29, 1.82) is 0 Å². The Morgan fingerprint density at radius 2 is 1.81 bits per heavy atom. The summed E-state index contributed by atoms with van der Waals surface area (Å²) >= 11 is 1.75. The Hall–Kier alpha value is -2.68. The number of rotatable bonds is 6. The van der Waals surface area contributed by atoms with Gasteiger partial charge in [-0.25, -0.2) is 9.78 Å². The van der Waals surface area contributed by atoms with E-state index in [1.807, 2.05) is 23.1 Å². The predicted molar refractivity (Wildman–Crippen MR) is 146 cm³/mol. The van der Waals surface area contributed by atoms with Crippen molar-refractivity contribution in [3.63, 3.8) is 0 Å². The van der Waals surface area contributed by atoms with Gasteiger partial charge in [0.2, 0.25) is 11.8 Å². The number of anilines is 1. The van der Waals surface area contributed by atoms with E-state index in [1.165, 1.54) is 55.9 Å². The summed E-state index contributed by atoms with van der Waals surface area (Å²) in [6.07, 6.45) is 9.34. The fourth-order valence-corrected chi connectivity index (χ4v) is 7.61. The Balaban J connectivity index is 1.46. The van der Waals surface area contributed by atoms with Crippen LogP contribution >= 0.6 is 11.3 Å². The molecular weight excluding hydrogens is 486 g/mol. The van der Waals surface area contributed by atoms with Crippen LogP contribution in [0.15, 0.2) is 30.3 Å². The molecule has 37 heavy (non-hydrogen) atoms. The van der Waals surface area contributed by atoms with Crippen molar-refractivity contribution in [3.05, 3.63) is 40.8 Å². The molecule has 1 saturated heterocycles. The van der Waals surface area contributed by atoms with Gasteiger partial charge in [-0.3, -0.25) is 9.59 Å². The van der Waals surface area contributed by atoms with Crippen LogP contribution in [0.5, 0.6) is 0 Å². The normalized spacial score (nSPS) is 18.7. The van der Waals surface area contributed by atoms with Crippen LogP contribution in [-0.4, -0.2) is 48.0 Å². The summed E-state index contributed by atoms with van der Waals surface area (Å²) in [4.78, 5) is 42.0. The number of benzene rings is 1. The third kappa shape index (κ3) is 4.60. The van der Waals surface area contributed by atoms with E-state index in [2.05, 4.69) is 16.7 Å². The lowest BCUT2D eigenvalue weighted by Gasteiger charge is -2.30. The molecule has 4 heterocycles. The van der Waals surface area contributed by atoms with Crippen LogP contribution in [0.1, 0.15) is 67.7 Å². The molecule has 2 amide bonds. The van der Waals surface area contributed by atoms with E-state index in [0.717, 1.165) is 53.3 Å². The topological polar surface area (TPSA) is 64.0 Å². The number of para-hydroxylation sites is 1. The summed E-state index contributed by atoms with van der Waals surface area (Å²) in [5, 5.41) is 0. The van der Waals surface area contributed by atoms with E-state index >= 15 is 0 Å². The monoisotopic (exact) mass is 521 g/mol. The number of amides is 2. The second-order valence-corrected chi connectivity index (χ2v) is 11.6. The molecule has 6 rings (SSSR count). The molecule has 3 aromatic rings. The molecule has 196 valence electrons. The summed E-state index contributed by atoms with van der Waals surface area (Å²) in [5.74, 6) is 0.471. The Morgan fingerprint density at radius 3 is 2.59 bits per heavy atom. The smallest absolute Gasteiger partial charge is 0.247 e. The Morgan fingerprint density at radius 1 is 1.05 bits per heavy atom. The summed E-state index contributed by atoms with van der Waals surface area (Å²) in [5.41, 5.74) is 5.51. The average molecular weight is 522 g/mol. The Labute approximate surface area is 221 Å². The van der Waals surface area contributed by atoms with E-state index in [4.69, 9.17) is 9.78 Å². The minimum absolute atomic E-state index is 0.0375. The lowest BCUT2D eigenvalue weighted by atomic mass is 9.83. The highest BCUT2D eigenvalue weighted by Gasteiger charge is 2.35. The highest BCUT2D eigenvalue weighted by atomic mass is 32.1. The SMILES string of the molecule is COOCc1cc2c(s1)c(C1CCCCC1)c1n2CC(=O)N(CC(=O)N2CCCCC2)c2ccccc2-1. The van der Waals surface area contributed by atoms with E-state index < -0.39 is 0 Å². The van der Waals surface area contributed by atoms with Crippen molar-refractivity contribution in [1.82, 2.24) is 9.47 Å². The average Bonchev–Trinajstić information content (AvgIpc) is 3.45. The lowest BCUT2D eigenvalue weighted by Crippen LogP contribution is -2.45. The molecule has 2 fully saturated rings. The number of piperidine rings is 1. The van der Waals surface area contributed by atoms with Gasteiger partial charge in [0.25, 0.3) is 0 Å². The second-order valence-electron chi connectivity index (χ2n) is 10.5. The molecule has 3 aliphatic rings. The molecular formula is C29H35N3O4S. The fourth-order valence-electron chi connectivity index (χ4n) is 6.43. The van der Waals surface area contributed by atoms with E-state index in [0.29, 0.717) is 12.5 Å². The molecule has 0 unspecified atom stereocenters. The molecule has 1 aliphatic carbocycles. The molecule has 0 N–H and O–H groups in total. The summed E-state index contributed by atoms with van der Waals surface area (Å²) in [6, 6.07) is 10.3. The van der Waals surface area contributed by atoms with Crippen LogP contribution in [0.25, 0.3) is 21.5 Å². The zero-order chi connectivity index (χ0) is 25.4. The molecule has 1 saturated carbocycles. The van der Waals surface area contributed by atoms with Crippen LogP contribution in [0.4, 0.5) is 5.69 Å². The maximum Gasteiger partial charge on any atom is 0.247 e. The third-order valence-electron chi connectivity index (χ3n) is 8.20. The van der Waals surface area contributed by atoms with Gasteiger partial charge in [0, 0.05) is 23.5 Å². The number of fused-ring (bicyclic) bond motifs is 5. The molecule has 0 spiro atoms. The predicted octanol–water partition coefficient (Wildman–Crippen LogP) is 5.85. The van der Waals surface area contributed by atoms with Crippen molar-refractivity contribution in [3.8, 4) is 11.3 Å². The number of likely N-dealkylation sites (tertiary alicyclic amines) is 1. The first-order chi connectivity index (χ1) is 18.2. The van der Waals surface area contributed by atoms with Gasteiger partial charge in [-0.15, -0.1) is 11.3 Å². The maximum absolute atomic E-state index is 13.9. The molecule has 7 nitrogen and oxygen atoms in total. The van der Waals surface area contributed by atoms with E-state index in [9.17, 15) is 9.59 Å². The fraction of sp³-hybridized carbons (Fsp3) is 0.517. The van der Waals surface area contributed by atoms with Crippen molar-refractivity contribution < 1.29 is 19.4 Å². The van der Waals surface area contributed by atoms with Crippen molar-refractivity contribution >= 4 is 39.1 Å². The van der Waals surface area contributed by atoms with Crippen LogP contribution in [0, 0.1) is 0 Å².